The molecule has 0 saturated carbocycles. The molecule has 126 valence electrons. The van der Waals surface area contributed by atoms with Crippen LogP contribution in [0.15, 0.2) is 24.3 Å². The molecule has 1 atom stereocenters. The smallest absolute Gasteiger partial charge is 0.430 e. The van der Waals surface area contributed by atoms with Gasteiger partial charge in [-0.15, -0.1) is 0 Å². The zero-order valence-electron chi connectivity index (χ0n) is 13.2. The Balaban J connectivity index is 3.22. The summed E-state index contributed by atoms with van der Waals surface area (Å²) < 4.78 is 22.7. The Labute approximate surface area is 133 Å². The van der Waals surface area contributed by atoms with E-state index in [-0.39, 0.29) is 13.2 Å². The Hall–Kier alpha value is -2.64. The van der Waals surface area contributed by atoms with E-state index in [1.807, 2.05) is 0 Å². The lowest BCUT2D eigenvalue weighted by molar-refractivity contribution is -0.119. The summed E-state index contributed by atoms with van der Waals surface area (Å²) in [5.74, 6) is -0.497. The second-order valence-corrected chi connectivity index (χ2v) is 4.64. The molecule has 1 rings (SSSR count). The number of benzene rings is 1. The summed E-state index contributed by atoms with van der Waals surface area (Å²) in [6.45, 7) is 4.68. The van der Waals surface area contributed by atoms with E-state index in [9.17, 15) is 18.8 Å². The molecule has 1 aromatic rings. The Morgan fingerprint density at radius 1 is 1.22 bits per heavy atom. The lowest BCUT2D eigenvalue weighted by Gasteiger charge is -2.35. The van der Waals surface area contributed by atoms with Gasteiger partial charge < -0.3 is 14.3 Å². The lowest BCUT2D eigenvalue weighted by Crippen LogP contribution is -2.58. The van der Waals surface area contributed by atoms with Gasteiger partial charge in [-0.1, -0.05) is 12.1 Å². The van der Waals surface area contributed by atoms with Crippen LogP contribution in [0.1, 0.15) is 26.3 Å². The molecular formula is C15H19FN2O5. The fourth-order valence-corrected chi connectivity index (χ4v) is 1.83. The molecule has 2 amide bonds. The first-order chi connectivity index (χ1) is 10.9. The minimum Gasteiger partial charge on any atom is -0.449 e. The third-order valence-corrected chi connectivity index (χ3v) is 3.05. The average molecular weight is 326 g/mol. The van der Waals surface area contributed by atoms with Crippen molar-refractivity contribution in [2.45, 2.75) is 26.3 Å². The predicted molar refractivity (Wildman–Crippen MR) is 78.8 cm³/mol. The van der Waals surface area contributed by atoms with E-state index >= 15 is 0 Å². The minimum absolute atomic E-state index is 0.0399. The number of amides is 2. The van der Waals surface area contributed by atoms with Crippen molar-refractivity contribution in [3.05, 3.63) is 35.6 Å². The van der Waals surface area contributed by atoms with Gasteiger partial charge in [0.1, 0.15) is 11.4 Å². The molecule has 0 aromatic heterocycles. The van der Waals surface area contributed by atoms with E-state index in [4.69, 9.17) is 9.47 Å². The topological polar surface area (TPSA) is 84.9 Å². The van der Waals surface area contributed by atoms with Crippen molar-refractivity contribution in [2.24, 2.45) is 0 Å². The van der Waals surface area contributed by atoms with Crippen LogP contribution in [0.2, 0.25) is 0 Å². The highest BCUT2D eigenvalue weighted by atomic mass is 19.1. The molecule has 0 aliphatic rings. The van der Waals surface area contributed by atoms with Crippen LogP contribution in [0.4, 0.5) is 14.0 Å². The second-order valence-electron chi connectivity index (χ2n) is 4.64. The monoisotopic (exact) mass is 326 g/mol. The molecule has 0 aliphatic heterocycles. The molecule has 0 saturated heterocycles. The summed E-state index contributed by atoms with van der Waals surface area (Å²) in [5, 5.41) is 0.717. The molecule has 1 N–H and O–H groups in total. The highest BCUT2D eigenvalue weighted by Crippen LogP contribution is 2.26. The van der Waals surface area contributed by atoms with E-state index in [0.717, 1.165) is 12.1 Å². The van der Waals surface area contributed by atoms with Gasteiger partial charge >= 0.3 is 12.2 Å². The Morgan fingerprint density at radius 2 is 1.78 bits per heavy atom. The molecule has 0 aliphatic carbocycles. The molecule has 23 heavy (non-hydrogen) atoms. The predicted octanol–water partition coefficient (Wildman–Crippen LogP) is 2.36. The zero-order valence-corrected chi connectivity index (χ0v) is 13.2. The first-order valence-corrected chi connectivity index (χ1v) is 7.01. The summed E-state index contributed by atoms with van der Waals surface area (Å²) >= 11 is 0. The third kappa shape index (κ3) is 4.41. The van der Waals surface area contributed by atoms with Crippen molar-refractivity contribution in [1.82, 2.24) is 10.4 Å². The van der Waals surface area contributed by atoms with Crippen LogP contribution in [0.3, 0.4) is 0 Å². The fourth-order valence-electron chi connectivity index (χ4n) is 1.83. The van der Waals surface area contributed by atoms with Crippen LogP contribution in [0.5, 0.6) is 0 Å². The van der Waals surface area contributed by atoms with Gasteiger partial charge in [-0.25, -0.2) is 19.4 Å². The van der Waals surface area contributed by atoms with Crippen LogP contribution in [0.25, 0.3) is 0 Å². The van der Waals surface area contributed by atoms with Gasteiger partial charge in [0.15, 0.2) is 6.29 Å². The normalized spacial score (nSPS) is 12.7. The Kier molecular flexibility index (Phi) is 6.49. The van der Waals surface area contributed by atoms with Gasteiger partial charge in [-0.3, -0.25) is 0 Å². The van der Waals surface area contributed by atoms with Crippen molar-refractivity contribution in [2.75, 3.05) is 13.2 Å². The van der Waals surface area contributed by atoms with Crippen LogP contribution in [-0.2, 0) is 19.8 Å². The summed E-state index contributed by atoms with van der Waals surface area (Å²) in [6, 6.07) is 4.96. The number of nitrogens with one attached hydrogen (secondary N) is 1. The van der Waals surface area contributed by atoms with E-state index in [1.54, 1.807) is 13.8 Å². The number of rotatable bonds is 5. The van der Waals surface area contributed by atoms with Gasteiger partial charge in [-0.2, -0.15) is 5.01 Å². The highest BCUT2D eigenvalue weighted by Gasteiger charge is 2.40. The average Bonchev–Trinajstić information content (AvgIpc) is 2.53. The Bertz CT molecular complexity index is 563. The van der Waals surface area contributed by atoms with Crippen LogP contribution in [0, 0.1) is 5.82 Å². The van der Waals surface area contributed by atoms with Crippen molar-refractivity contribution >= 4 is 18.5 Å². The summed E-state index contributed by atoms with van der Waals surface area (Å²) in [7, 11) is 0. The molecule has 0 bridgehead atoms. The van der Waals surface area contributed by atoms with Gasteiger partial charge in [0.05, 0.1) is 13.2 Å². The maximum absolute atomic E-state index is 13.1. The van der Waals surface area contributed by atoms with Crippen molar-refractivity contribution in [3.8, 4) is 0 Å². The molecule has 0 unspecified atom stereocenters. The van der Waals surface area contributed by atoms with Crippen LogP contribution in [-0.4, -0.2) is 36.7 Å². The number of aldehydes is 1. The second kappa shape index (κ2) is 8.11. The fraction of sp³-hybridized carbons (Fsp3) is 0.400. The van der Waals surface area contributed by atoms with Crippen LogP contribution < -0.4 is 5.43 Å². The summed E-state index contributed by atoms with van der Waals surface area (Å²) in [6.07, 6.45) is -1.42. The molecular weight excluding hydrogens is 307 g/mol. The van der Waals surface area contributed by atoms with E-state index in [2.05, 4.69) is 5.43 Å². The third-order valence-electron chi connectivity index (χ3n) is 3.05. The van der Waals surface area contributed by atoms with Crippen molar-refractivity contribution in [3.63, 3.8) is 0 Å². The number of hydrazine groups is 1. The van der Waals surface area contributed by atoms with E-state index in [1.165, 1.54) is 19.1 Å². The highest BCUT2D eigenvalue weighted by molar-refractivity contribution is 5.80. The van der Waals surface area contributed by atoms with Gasteiger partial charge in [0, 0.05) is 0 Å². The number of carbonyl (C=O) groups is 3. The van der Waals surface area contributed by atoms with Crippen molar-refractivity contribution in [1.29, 1.82) is 0 Å². The van der Waals surface area contributed by atoms with Gasteiger partial charge in [0.2, 0.25) is 0 Å². The van der Waals surface area contributed by atoms with Gasteiger partial charge in [-0.05, 0) is 38.5 Å². The van der Waals surface area contributed by atoms with Gasteiger partial charge in [0.25, 0.3) is 0 Å². The molecule has 1 aromatic carbocycles. The van der Waals surface area contributed by atoms with Crippen LogP contribution >= 0.6 is 0 Å². The van der Waals surface area contributed by atoms with E-state index in [0.29, 0.717) is 16.9 Å². The number of hydrogen-bond acceptors (Lipinski definition) is 5. The SMILES string of the molecule is CCOC(=O)NN(C(=O)OCC)[C@](C)(C=O)c1ccc(F)cc1. The maximum atomic E-state index is 13.1. The molecule has 8 heteroatoms. The quantitative estimate of drug-likeness (QED) is 0.663. The van der Waals surface area contributed by atoms with E-state index < -0.39 is 23.5 Å². The molecule has 0 radical (unpaired) electrons. The lowest BCUT2D eigenvalue weighted by atomic mass is 9.93. The first-order valence-electron chi connectivity index (χ1n) is 7.01. The molecule has 0 fully saturated rings. The number of halogens is 1. The van der Waals surface area contributed by atoms with Crippen molar-refractivity contribution < 1.29 is 28.2 Å². The minimum atomic E-state index is -1.60. The number of hydrogen-bond donors (Lipinski definition) is 1. The largest absolute Gasteiger partial charge is 0.449 e. The number of nitrogens with zero attached hydrogens (tertiary/aromatic N) is 1. The maximum Gasteiger partial charge on any atom is 0.430 e. The number of carbonyl (C=O) groups excluding carboxylic acids is 3. The molecule has 7 nitrogen and oxygen atoms in total. The first kappa shape index (κ1) is 18.4. The summed E-state index contributed by atoms with van der Waals surface area (Å²) in [5.41, 5.74) is 0.866. The number of ether oxygens (including phenoxy) is 2. The zero-order chi connectivity index (χ0) is 17.5. The standard InChI is InChI=1S/C15H19FN2O5/c1-4-22-13(20)17-18(14(21)23-5-2)15(3,10-19)11-6-8-12(16)9-7-11/h6-10H,4-5H2,1-3H3,(H,17,20)/t15-/m1/s1. The Morgan fingerprint density at radius 3 is 2.26 bits per heavy atom. The molecule has 0 spiro atoms. The molecule has 0 heterocycles. The summed E-state index contributed by atoms with van der Waals surface area (Å²) in [4.78, 5) is 35.4.